The molecule has 0 aliphatic rings. The molecular formula is C25H27ClFN5O3S2. The van der Waals surface area contributed by atoms with Crippen molar-refractivity contribution in [2.45, 2.75) is 49.2 Å². The lowest BCUT2D eigenvalue weighted by molar-refractivity contribution is -0.138. The molecule has 0 fully saturated rings. The number of carboxylic acid groups (broad SMARTS) is 1. The third-order valence-corrected chi connectivity index (χ3v) is 7.58. The molecule has 0 spiro atoms. The Morgan fingerprint density at radius 2 is 1.86 bits per heavy atom. The van der Waals surface area contributed by atoms with E-state index >= 15 is 0 Å². The molecule has 37 heavy (non-hydrogen) atoms. The van der Waals surface area contributed by atoms with Gasteiger partial charge in [-0.25, -0.2) is 24.3 Å². The second-order valence-electron chi connectivity index (χ2n) is 8.59. The van der Waals surface area contributed by atoms with Crippen molar-refractivity contribution in [1.29, 1.82) is 0 Å². The van der Waals surface area contributed by atoms with Gasteiger partial charge in [-0.05, 0) is 50.1 Å². The average Bonchev–Trinajstić information content (AvgIpc) is 3.51. The van der Waals surface area contributed by atoms with Crippen LogP contribution in [0.4, 0.5) is 10.3 Å². The van der Waals surface area contributed by atoms with Gasteiger partial charge >= 0.3 is 5.97 Å². The summed E-state index contributed by atoms with van der Waals surface area (Å²) in [6.45, 7) is 6.36. The Kier molecular flexibility index (Phi) is 9.63. The summed E-state index contributed by atoms with van der Waals surface area (Å²) < 4.78 is 18.7. The summed E-state index contributed by atoms with van der Waals surface area (Å²) in [5.41, 5.74) is 3.29. The minimum atomic E-state index is -0.953. The molecule has 0 aliphatic heterocycles. The molecule has 0 unspecified atom stereocenters. The van der Waals surface area contributed by atoms with Crippen LogP contribution in [0.3, 0.4) is 0 Å². The van der Waals surface area contributed by atoms with Gasteiger partial charge in [0.05, 0.1) is 17.9 Å². The molecule has 3 aromatic heterocycles. The van der Waals surface area contributed by atoms with Crippen LogP contribution in [0.5, 0.6) is 0 Å². The van der Waals surface area contributed by atoms with Gasteiger partial charge in [-0.3, -0.25) is 4.79 Å². The molecule has 0 saturated heterocycles. The highest BCUT2D eigenvalue weighted by Crippen LogP contribution is 2.34. The van der Waals surface area contributed by atoms with E-state index in [1.54, 1.807) is 32.2 Å². The van der Waals surface area contributed by atoms with E-state index in [9.17, 15) is 14.3 Å². The first-order valence-corrected chi connectivity index (χ1v) is 13.1. The minimum Gasteiger partial charge on any atom is -0.480 e. The molecule has 0 radical (unpaired) electrons. The van der Waals surface area contributed by atoms with Crippen molar-refractivity contribution in [2.75, 3.05) is 11.4 Å². The molecule has 1 N–H and O–H groups in total. The highest BCUT2D eigenvalue weighted by atomic mass is 35.5. The van der Waals surface area contributed by atoms with E-state index in [4.69, 9.17) is 4.42 Å². The summed E-state index contributed by atoms with van der Waals surface area (Å²) in [5, 5.41) is 11.3. The highest BCUT2D eigenvalue weighted by Gasteiger charge is 2.29. The Labute approximate surface area is 228 Å². The van der Waals surface area contributed by atoms with Gasteiger partial charge in [-0.15, -0.1) is 23.7 Å². The molecule has 196 valence electrons. The number of carboxylic acids is 1. The first kappa shape index (κ1) is 28.5. The lowest BCUT2D eigenvalue weighted by Crippen LogP contribution is -2.27. The smallest absolute Gasteiger partial charge is 0.319 e. The fourth-order valence-electron chi connectivity index (χ4n) is 3.21. The molecule has 0 saturated carbocycles. The van der Waals surface area contributed by atoms with Crippen molar-refractivity contribution < 1.29 is 18.7 Å². The van der Waals surface area contributed by atoms with Gasteiger partial charge in [0, 0.05) is 36.3 Å². The number of oxazole rings is 1. The monoisotopic (exact) mass is 563 g/mol. The maximum atomic E-state index is 13.3. The van der Waals surface area contributed by atoms with Gasteiger partial charge in [0.15, 0.2) is 4.34 Å². The molecule has 1 aromatic carbocycles. The van der Waals surface area contributed by atoms with E-state index in [1.165, 1.54) is 35.2 Å². The largest absolute Gasteiger partial charge is 0.480 e. The number of thiazole rings is 1. The Balaban J connectivity index is 0.00000380. The zero-order valence-electron chi connectivity index (χ0n) is 20.5. The molecule has 0 aliphatic carbocycles. The number of aliphatic carboxylic acids is 1. The summed E-state index contributed by atoms with van der Waals surface area (Å²) in [7, 11) is 0. The average molecular weight is 564 g/mol. The Morgan fingerprint density at radius 3 is 2.51 bits per heavy atom. The number of aryl methyl sites for hydroxylation is 1. The molecule has 12 heteroatoms. The number of anilines is 1. The predicted molar refractivity (Wildman–Crippen MR) is 145 cm³/mol. The standard InChI is InChI=1S/C25H26FN5O3S2.ClH/c1-4-16-11-27-23(28-12-16)31(10-9-19-15-35-24(30-19)36-25(2,3)22(32)33)13-20-14-34-21(29-20)17-5-7-18(26)8-6-17;/h5-8,11-12,14-15H,4,9-10,13H2,1-3H3,(H,32,33);1H. The van der Waals surface area contributed by atoms with Gasteiger partial charge in [-0.1, -0.05) is 18.7 Å². The fraction of sp³-hybridized carbons (Fsp3) is 0.320. The summed E-state index contributed by atoms with van der Waals surface area (Å²) in [6.07, 6.45) is 6.67. The first-order valence-electron chi connectivity index (χ1n) is 11.4. The molecular weight excluding hydrogens is 537 g/mol. The predicted octanol–water partition coefficient (Wildman–Crippen LogP) is 5.92. The molecule has 0 amide bonds. The van der Waals surface area contributed by atoms with E-state index in [2.05, 4.69) is 19.9 Å². The van der Waals surface area contributed by atoms with Crippen molar-refractivity contribution in [1.82, 2.24) is 19.9 Å². The Morgan fingerprint density at radius 1 is 1.16 bits per heavy atom. The van der Waals surface area contributed by atoms with Crippen LogP contribution < -0.4 is 4.90 Å². The van der Waals surface area contributed by atoms with E-state index < -0.39 is 10.7 Å². The zero-order chi connectivity index (χ0) is 25.7. The maximum absolute atomic E-state index is 13.3. The summed E-state index contributed by atoms with van der Waals surface area (Å²) >= 11 is 2.67. The van der Waals surface area contributed by atoms with Gasteiger partial charge in [0.1, 0.15) is 16.8 Å². The van der Waals surface area contributed by atoms with Crippen molar-refractivity contribution in [2.24, 2.45) is 0 Å². The Bertz CT molecular complexity index is 1310. The van der Waals surface area contributed by atoms with Gasteiger partial charge in [0.25, 0.3) is 0 Å². The highest BCUT2D eigenvalue weighted by molar-refractivity contribution is 8.03. The fourth-order valence-corrected chi connectivity index (χ4v) is 5.43. The summed E-state index contributed by atoms with van der Waals surface area (Å²) in [6, 6.07) is 5.98. The minimum absolute atomic E-state index is 0. The van der Waals surface area contributed by atoms with Crippen LogP contribution in [-0.2, 0) is 24.2 Å². The second-order valence-corrected chi connectivity index (χ2v) is 11.3. The third-order valence-electron chi connectivity index (χ3n) is 5.40. The number of hydrogen-bond acceptors (Lipinski definition) is 9. The number of aromatic nitrogens is 4. The van der Waals surface area contributed by atoms with Crippen molar-refractivity contribution in [3.63, 3.8) is 0 Å². The number of rotatable bonds is 11. The third kappa shape index (κ3) is 7.50. The van der Waals surface area contributed by atoms with E-state index in [0.29, 0.717) is 46.9 Å². The zero-order valence-corrected chi connectivity index (χ0v) is 23.0. The normalized spacial score (nSPS) is 11.2. The van der Waals surface area contributed by atoms with Crippen molar-refractivity contribution in [3.8, 4) is 11.5 Å². The van der Waals surface area contributed by atoms with E-state index in [1.807, 2.05) is 29.6 Å². The van der Waals surface area contributed by atoms with Crippen LogP contribution in [0.15, 0.2) is 57.1 Å². The molecule has 0 atom stereocenters. The maximum Gasteiger partial charge on any atom is 0.319 e. The molecule has 3 heterocycles. The quantitative estimate of drug-likeness (QED) is 0.223. The second kappa shape index (κ2) is 12.5. The summed E-state index contributed by atoms with van der Waals surface area (Å²) in [4.78, 5) is 31.7. The number of hydrogen-bond donors (Lipinski definition) is 1. The molecule has 4 aromatic rings. The number of thioether (sulfide) groups is 1. The van der Waals surface area contributed by atoms with Gasteiger partial charge < -0.3 is 14.4 Å². The van der Waals surface area contributed by atoms with Crippen LogP contribution in [-0.4, -0.2) is 42.3 Å². The lowest BCUT2D eigenvalue weighted by Gasteiger charge is -2.21. The van der Waals surface area contributed by atoms with E-state index in [-0.39, 0.29) is 18.2 Å². The van der Waals surface area contributed by atoms with Crippen LogP contribution in [0.2, 0.25) is 0 Å². The van der Waals surface area contributed by atoms with Crippen LogP contribution in [0.25, 0.3) is 11.5 Å². The van der Waals surface area contributed by atoms with Crippen molar-refractivity contribution in [3.05, 3.63) is 71.1 Å². The number of benzene rings is 1. The van der Waals surface area contributed by atoms with Crippen LogP contribution >= 0.6 is 35.5 Å². The molecule has 8 nitrogen and oxygen atoms in total. The van der Waals surface area contributed by atoms with Crippen molar-refractivity contribution >= 4 is 47.4 Å². The topological polar surface area (TPSA) is 105 Å². The lowest BCUT2D eigenvalue weighted by atomic mass is 10.2. The molecule has 4 rings (SSSR count). The van der Waals surface area contributed by atoms with Gasteiger partial charge in [0.2, 0.25) is 11.8 Å². The number of nitrogens with zero attached hydrogens (tertiary/aromatic N) is 5. The first-order chi connectivity index (χ1) is 17.2. The van der Waals surface area contributed by atoms with E-state index in [0.717, 1.165) is 17.7 Å². The Hall–Kier alpha value is -3.02. The van der Waals surface area contributed by atoms with Gasteiger partial charge in [-0.2, -0.15) is 0 Å². The van der Waals surface area contributed by atoms with Crippen LogP contribution in [0, 0.1) is 5.82 Å². The number of carbonyl (C=O) groups is 1. The molecule has 0 bridgehead atoms. The summed E-state index contributed by atoms with van der Waals surface area (Å²) in [5.74, 6) is -0.222. The SMILES string of the molecule is CCc1cnc(N(CCc2csc(SC(C)(C)C(=O)O)n2)Cc2coc(-c3ccc(F)cc3)n2)nc1.Cl. The van der Waals surface area contributed by atoms with Crippen LogP contribution in [0.1, 0.15) is 37.7 Å². The number of halogens is 2.